The van der Waals surface area contributed by atoms with E-state index in [2.05, 4.69) is 26.6 Å². The summed E-state index contributed by atoms with van der Waals surface area (Å²) in [6.07, 6.45) is 0.949. The van der Waals surface area contributed by atoms with Crippen LogP contribution in [0.2, 0.25) is 0 Å². The van der Waals surface area contributed by atoms with E-state index in [0.29, 0.717) is 6.54 Å². The molecule has 1 aliphatic heterocycles. The maximum atomic E-state index is 11.5. The molecule has 1 aromatic carbocycles. The van der Waals surface area contributed by atoms with E-state index in [9.17, 15) is 4.79 Å². The number of halogens is 2. The zero-order valence-corrected chi connectivity index (χ0v) is 11.1. The Morgan fingerprint density at radius 1 is 1.56 bits per heavy atom. The molecule has 1 atom stereocenters. The van der Waals surface area contributed by atoms with Crippen molar-refractivity contribution in [2.75, 3.05) is 6.54 Å². The molecule has 0 spiro atoms. The highest BCUT2D eigenvalue weighted by molar-refractivity contribution is 9.10. The molecule has 3 nitrogen and oxygen atoms in total. The van der Waals surface area contributed by atoms with Gasteiger partial charge < -0.3 is 10.6 Å². The molecule has 88 valence electrons. The van der Waals surface area contributed by atoms with E-state index < -0.39 is 0 Å². The third-order valence-electron chi connectivity index (χ3n) is 2.50. The summed E-state index contributed by atoms with van der Waals surface area (Å²) in [5.74, 6) is 0.0984. The van der Waals surface area contributed by atoms with Crippen LogP contribution >= 0.6 is 28.3 Å². The first-order valence-electron chi connectivity index (χ1n) is 5.01. The van der Waals surface area contributed by atoms with Gasteiger partial charge in [-0.2, -0.15) is 0 Å². The highest BCUT2D eigenvalue weighted by atomic mass is 79.9. The van der Waals surface area contributed by atoms with Gasteiger partial charge in [0.2, 0.25) is 5.91 Å². The van der Waals surface area contributed by atoms with Crippen LogP contribution in [0.4, 0.5) is 0 Å². The predicted octanol–water partition coefficient (Wildman–Crippen LogP) is 1.85. The smallest absolute Gasteiger partial charge is 0.237 e. The molecule has 2 rings (SSSR count). The molecular formula is C11H14BrClN2O. The summed E-state index contributed by atoms with van der Waals surface area (Å²) in [7, 11) is 0. The Hall–Kier alpha value is -0.580. The Morgan fingerprint density at radius 2 is 2.31 bits per heavy atom. The van der Waals surface area contributed by atoms with Gasteiger partial charge in [0, 0.05) is 11.0 Å². The zero-order valence-electron chi connectivity index (χ0n) is 8.70. The SMILES string of the molecule is Cl.O=C(NCc1cccc(Br)c1)[C@H]1CCN1. The molecule has 1 aliphatic rings. The summed E-state index contributed by atoms with van der Waals surface area (Å²) in [5.41, 5.74) is 1.11. The van der Waals surface area contributed by atoms with Crippen molar-refractivity contribution in [3.05, 3.63) is 34.3 Å². The van der Waals surface area contributed by atoms with Crippen LogP contribution in [0.15, 0.2) is 28.7 Å². The molecule has 1 heterocycles. The van der Waals surface area contributed by atoms with Crippen molar-refractivity contribution in [3.63, 3.8) is 0 Å². The largest absolute Gasteiger partial charge is 0.351 e. The molecule has 1 aromatic rings. The Morgan fingerprint density at radius 3 is 2.88 bits per heavy atom. The van der Waals surface area contributed by atoms with E-state index in [4.69, 9.17) is 0 Å². The van der Waals surface area contributed by atoms with Gasteiger partial charge in [-0.15, -0.1) is 12.4 Å². The van der Waals surface area contributed by atoms with Crippen LogP contribution in [0.3, 0.4) is 0 Å². The van der Waals surface area contributed by atoms with Crippen molar-refractivity contribution in [2.45, 2.75) is 19.0 Å². The third kappa shape index (κ3) is 3.47. The van der Waals surface area contributed by atoms with Gasteiger partial charge in [0.1, 0.15) is 0 Å². The number of hydrogen-bond donors (Lipinski definition) is 2. The molecular weight excluding hydrogens is 291 g/mol. The fourth-order valence-corrected chi connectivity index (χ4v) is 1.92. The second-order valence-electron chi connectivity index (χ2n) is 3.64. The van der Waals surface area contributed by atoms with Gasteiger partial charge in [0.25, 0.3) is 0 Å². The quantitative estimate of drug-likeness (QED) is 0.895. The van der Waals surface area contributed by atoms with Gasteiger partial charge in [0.15, 0.2) is 0 Å². The van der Waals surface area contributed by atoms with Crippen molar-refractivity contribution in [2.24, 2.45) is 0 Å². The van der Waals surface area contributed by atoms with Gasteiger partial charge in [-0.25, -0.2) is 0 Å². The number of carbonyl (C=O) groups excluding carboxylic acids is 1. The van der Waals surface area contributed by atoms with Gasteiger partial charge in [0.05, 0.1) is 6.04 Å². The van der Waals surface area contributed by atoms with Crippen LogP contribution in [-0.2, 0) is 11.3 Å². The molecule has 5 heteroatoms. The van der Waals surface area contributed by atoms with Gasteiger partial charge >= 0.3 is 0 Å². The Bertz CT molecular complexity index is 369. The number of benzene rings is 1. The van der Waals surface area contributed by atoms with E-state index in [0.717, 1.165) is 23.0 Å². The lowest BCUT2D eigenvalue weighted by atomic mass is 10.1. The minimum atomic E-state index is 0. The molecule has 1 fully saturated rings. The topological polar surface area (TPSA) is 41.1 Å². The first-order chi connectivity index (χ1) is 7.25. The van der Waals surface area contributed by atoms with Crippen LogP contribution in [0.1, 0.15) is 12.0 Å². The molecule has 1 saturated heterocycles. The normalized spacial score (nSPS) is 18.2. The first kappa shape index (κ1) is 13.5. The monoisotopic (exact) mass is 304 g/mol. The van der Waals surface area contributed by atoms with Crippen molar-refractivity contribution in [1.82, 2.24) is 10.6 Å². The second kappa shape index (κ2) is 6.23. The fourth-order valence-electron chi connectivity index (χ4n) is 1.47. The van der Waals surface area contributed by atoms with Crippen molar-refractivity contribution in [3.8, 4) is 0 Å². The molecule has 0 saturated carbocycles. The van der Waals surface area contributed by atoms with Crippen LogP contribution < -0.4 is 10.6 Å². The minimum absolute atomic E-state index is 0. The molecule has 0 bridgehead atoms. The summed E-state index contributed by atoms with van der Waals surface area (Å²) in [6.45, 7) is 1.55. The Kier molecular flexibility index (Phi) is 5.25. The lowest BCUT2D eigenvalue weighted by Gasteiger charge is -2.26. The minimum Gasteiger partial charge on any atom is -0.351 e. The van der Waals surface area contributed by atoms with Gasteiger partial charge in [-0.05, 0) is 30.7 Å². The Labute approximate surface area is 110 Å². The molecule has 2 N–H and O–H groups in total. The lowest BCUT2D eigenvalue weighted by Crippen LogP contribution is -2.52. The first-order valence-corrected chi connectivity index (χ1v) is 5.80. The highest BCUT2D eigenvalue weighted by Gasteiger charge is 2.23. The van der Waals surface area contributed by atoms with Crippen molar-refractivity contribution >= 4 is 34.2 Å². The molecule has 0 aliphatic carbocycles. The zero-order chi connectivity index (χ0) is 10.7. The third-order valence-corrected chi connectivity index (χ3v) is 2.99. The van der Waals surface area contributed by atoms with Gasteiger partial charge in [-0.1, -0.05) is 28.1 Å². The maximum absolute atomic E-state index is 11.5. The fraction of sp³-hybridized carbons (Fsp3) is 0.364. The summed E-state index contributed by atoms with van der Waals surface area (Å²) >= 11 is 3.40. The van der Waals surface area contributed by atoms with E-state index in [1.807, 2.05) is 24.3 Å². The van der Waals surface area contributed by atoms with Crippen LogP contribution in [0.5, 0.6) is 0 Å². The molecule has 0 aromatic heterocycles. The molecule has 0 unspecified atom stereocenters. The number of hydrogen-bond acceptors (Lipinski definition) is 2. The van der Waals surface area contributed by atoms with E-state index in [1.165, 1.54) is 0 Å². The van der Waals surface area contributed by atoms with Crippen LogP contribution in [0, 0.1) is 0 Å². The molecule has 16 heavy (non-hydrogen) atoms. The summed E-state index contributed by atoms with van der Waals surface area (Å²) in [5, 5.41) is 5.98. The molecule has 1 amide bonds. The summed E-state index contributed by atoms with van der Waals surface area (Å²) in [4.78, 5) is 11.5. The molecule has 0 radical (unpaired) electrons. The van der Waals surface area contributed by atoms with E-state index in [1.54, 1.807) is 0 Å². The second-order valence-corrected chi connectivity index (χ2v) is 4.56. The average Bonchev–Trinajstić information content (AvgIpc) is 2.12. The number of rotatable bonds is 3. The van der Waals surface area contributed by atoms with Crippen LogP contribution in [-0.4, -0.2) is 18.5 Å². The van der Waals surface area contributed by atoms with E-state index in [-0.39, 0.29) is 24.4 Å². The number of amides is 1. The highest BCUT2D eigenvalue weighted by Crippen LogP contribution is 2.11. The van der Waals surface area contributed by atoms with Crippen LogP contribution in [0.25, 0.3) is 0 Å². The summed E-state index contributed by atoms with van der Waals surface area (Å²) in [6, 6.07) is 7.97. The van der Waals surface area contributed by atoms with Crippen molar-refractivity contribution in [1.29, 1.82) is 0 Å². The predicted molar refractivity (Wildman–Crippen MR) is 69.6 cm³/mol. The number of nitrogens with one attached hydrogen (secondary N) is 2. The van der Waals surface area contributed by atoms with Gasteiger partial charge in [-0.3, -0.25) is 4.79 Å². The number of carbonyl (C=O) groups is 1. The lowest BCUT2D eigenvalue weighted by molar-refractivity contribution is -0.124. The average molecular weight is 306 g/mol. The van der Waals surface area contributed by atoms with E-state index >= 15 is 0 Å². The standard InChI is InChI=1S/C11H13BrN2O.ClH/c12-9-3-1-2-8(6-9)7-14-11(15)10-4-5-13-10;/h1-3,6,10,13H,4-5,7H2,(H,14,15);1H/t10-;/m1./s1. The Balaban J connectivity index is 0.00000128. The summed E-state index contributed by atoms with van der Waals surface area (Å²) < 4.78 is 1.04. The van der Waals surface area contributed by atoms with Crippen molar-refractivity contribution < 1.29 is 4.79 Å². The maximum Gasteiger partial charge on any atom is 0.237 e.